The molecule has 0 bridgehead atoms. The zero-order valence-corrected chi connectivity index (χ0v) is 17.1. The summed E-state index contributed by atoms with van der Waals surface area (Å²) < 4.78 is 11.1. The number of carbonyl (C=O) groups is 2. The van der Waals surface area contributed by atoms with Gasteiger partial charge in [-0.15, -0.1) is 0 Å². The minimum Gasteiger partial charge on any atom is -0.490 e. The molecule has 0 aliphatic rings. The first-order chi connectivity index (χ1) is 15.1. The third-order valence-electron chi connectivity index (χ3n) is 4.25. The molecule has 3 rings (SSSR count). The largest absolute Gasteiger partial charge is 0.490 e. The van der Waals surface area contributed by atoms with Crippen molar-refractivity contribution < 1.29 is 19.1 Å². The number of benzene rings is 3. The molecule has 0 saturated heterocycles. The lowest BCUT2D eigenvalue weighted by Crippen LogP contribution is -2.32. The molecule has 0 saturated carbocycles. The topological polar surface area (TPSA) is 89.0 Å². The van der Waals surface area contributed by atoms with Crippen molar-refractivity contribution in [2.75, 3.05) is 18.5 Å². The van der Waals surface area contributed by atoms with Gasteiger partial charge in [-0.3, -0.25) is 9.59 Å². The van der Waals surface area contributed by atoms with Gasteiger partial charge < -0.3 is 14.8 Å². The number of amides is 2. The van der Waals surface area contributed by atoms with Gasteiger partial charge in [0.25, 0.3) is 0 Å². The van der Waals surface area contributed by atoms with Crippen LogP contribution in [0.1, 0.15) is 12.5 Å². The van der Waals surface area contributed by atoms with E-state index in [9.17, 15) is 9.59 Å². The van der Waals surface area contributed by atoms with Crippen LogP contribution in [0.25, 0.3) is 10.8 Å². The van der Waals surface area contributed by atoms with Crippen LogP contribution < -0.4 is 20.2 Å². The highest BCUT2D eigenvalue weighted by atomic mass is 16.5. The first-order valence-electron chi connectivity index (χ1n) is 9.75. The molecule has 2 amide bonds. The van der Waals surface area contributed by atoms with Gasteiger partial charge in [0.15, 0.2) is 11.5 Å². The Morgan fingerprint density at radius 2 is 1.81 bits per heavy atom. The standard InChI is InChI=1S/C24H23N3O4/c1-3-14-31-21-13-12-17(15-22(21)30-4-2)16-25-27-24(29)23(28)26-20-11-7-9-18-8-5-6-10-19(18)20/h3,5-13,15-16H,1,4,14H2,2H3,(H,26,28)(H,27,29)/b25-16+. The smallest absolute Gasteiger partial charge is 0.329 e. The van der Waals surface area contributed by atoms with Crippen LogP contribution in [0, 0.1) is 0 Å². The van der Waals surface area contributed by atoms with Crippen molar-refractivity contribution in [3.8, 4) is 11.5 Å². The predicted octanol–water partition coefficient (Wildman–Crippen LogP) is 3.89. The molecule has 0 fully saturated rings. The van der Waals surface area contributed by atoms with E-state index < -0.39 is 11.8 Å². The maximum absolute atomic E-state index is 12.2. The Bertz CT molecular complexity index is 1120. The summed E-state index contributed by atoms with van der Waals surface area (Å²) in [5.74, 6) is -0.553. The molecule has 7 nitrogen and oxygen atoms in total. The number of ether oxygens (including phenoxy) is 2. The van der Waals surface area contributed by atoms with Gasteiger partial charge in [-0.05, 0) is 42.1 Å². The summed E-state index contributed by atoms with van der Waals surface area (Å²) in [6.45, 7) is 6.31. The lowest BCUT2D eigenvalue weighted by Gasteiger charge is -2.11. The van der Waals surface area contributed by atoms with Gasteiger partial charge in [0.2, 0.25) is 0 Å². The van der Waals surface area contributed by atoms with Crippen molar-refractivity contribution in [3.63, 3.8) is 0 Å². The van der Waals surface area contributed by atoms with Crippen LogP contribution in [0.5, 0.6) is 11.5 Å². The first-order valence-corrected chi connectivity index (χ1v) is 9.75. The molecule has 3 aromatic carbocycles. The summed E-state index contributed by atoms with van der Waals surface area (Å²) in [6.07, 6.45) is 3.06. The van der Waals surface area contributed by atoms with Gasteiger partial charge in [0.1, 0.15) is 6.61 Å². The molecule has 0 unspecified atom stereocenters. The van der Waals surface area contributed by atoms with E-state index in [4.69, 9.17) is 9.47 Å². The fraction of sp³-hybridized carbons (Fsp3) is 0.125. The fourth-order valence-electron chi connectivity index (χ4n) is 2.87. The molecule has 158 valence electrons. The van der Waals surface area contributed by atoms with E-state index in [1.807, 2.05) is 43.3 Å². The minimum atomic E-state index is -0.875. The number of carbonyl (C=O) groups excluding carboxylic acids is 2. The minimum absolute atomic E-state index is 0.357. The Balaban J connectivity index is 1.63. The van der Waals surface area contributed by atoms with Crippen LogP contribution in [-0.4, -0.2) is 31.2 Å². The Labute approximate surface area is 180 Å². The Morgan fingerprint density at radius 1 is 1.00 bits per heavy atom. The summed E-state index contributed by atoms with van der Waals surface area (Å²) in [4.78, 5) is 24.4. The van der Waals surface area contributed by atoms with Crippen LogP contribution in [-0.2, 0) is 9.59 Å². The molecule has 7 heteroatoms. The van der Waals surface area contributed by atoms with Gasteiger partial charge >= 0.3 is 11.8 Å². The molecule has 0 heterocycles. The number of fused-ring (bicyclic) bond motifs is 1. The summed E-state index contributed by atoms with van der Waals surface area (Å²) >= 11 is 0. The van der Waals surface area contributed by atoms with E-state index in [2.05, 4.69) is 22.4 Å². The average Bonchev–Trinajstić information content (AvgIpc) is 2.79. The van der Waals surface area contributed by atoms with Crippen LogP contribution in [0.15, 0.2) is 78.4 Å². The highest BCUT2D eigenvalue weighted by Crippen LogP contribution is 2.28. The van der Waals surface area contributed by atoms with Crippen LogP contribution in [0.3, 0.4) is 0 Å². The van der Waals surface area contributed by atoms with Gasteiger partial charge in [-0.2, -0.15) is 5.10 Å². The maximum Gasteiger partial charge on any atom is 0.329 e. The Kier molecular flexibility index (Phi) is 7.37. The quantitative estimate of drug-likeness (QED) is 0.252. The third-order valence-corrected chi connectivity index (χ3v) is 4.25. The monoisotopic (exact) mass is 417 g/mol. The molecule has 2 N–H and O–H groups in total. The van der Waals surface area contributed by atoms with Gasteiger partial charge in [0.05, 0.1) is 12.8 Å². The molecular formula is C24H23N3O4. The lowest BCUT2D eigenvalue weighted by atomic mass is 10.1. The van der Waals surface area contributed by atoms with E-state index in [-0.39, 0.29) is 0 Å². The van der Waals surface area contributed by atoms with Crippen LogP contribution in [0.2, 0.25) is 0 Å². The molecule has 0 aliphatic heterocycles. The average molecular weight is 417 g/mol. The van der Waals surface area contributed by atoms with E-state index >= 15 is 0 Å². The molecule has 0 spiro atoms. The molecule has 0 aliphatic carbocycles. The number of hydrazone groups is 1. The van der Waals surface area contributed by atoms with Crippen molar-refractivity contribution in [2.45, 2.75) is 6.92 Å². The van der Waals surface area contributed by atoms with Crippen molar-refractivity contribution in [1.29, 1.82) is 0 Å². The normalized spacial score (nSPS) is 10.6. The lowest BCUT2D eigenvalue weighted by molar-refractivity contribution is -0.136. The predicted molar refractivity (Wildman–Crippen MR) is 122 cm³/mol. The van der Waals surface area contributed by atoms with Gasteiger partial charge in [-0.1, -0.05) is 49.1 Å². The second kappa shape index (κ2) is 10.6. The third kappa shape index (κ3) is 5.70. The summed E-state index contributed by atoms with van der Waals surface area (Å²) in [5.41, 5.74) is 3.46. The molecular weight excluding hydrogens is 394 g/mol. The zero-order valence-electron chi connectivity index (χ0n) is 17.1. The van der Waals surface area contributed by atoms with Crippen molar-refractivity contribution in [3.05, 3.63) is 78.9 Å². The van der Waals surface area contributed by atoms with E-state index in [0.717, 1.165) is 10.8 Å². The van der Waals surface area contributed by atoms with Crippen molar-refractivity contribution in [2.24, 2.45) is 5.10 Å². The highest BCUT2D eigenvalue weighted by Gasteiger charge is 2.14. The fourth-order valence-corrected chi connectivity index (χ4v) is 2.87. The molecule has 31 heavy (non-hydrogen) atoms. The maximum atomic E-state index is 12.2. The van der Waals surface area contributed by atoms with E-state index in [1.165, 1.54) is 6.21 Å². The number of nitrogens with zero attached hydrogens (tertiary/aromatic N) is 1. The summed E-state index contributed by atoms with van der Waals surface area (Å²) in [5, 5.41) is 8.29. The van der Waals surface area contributed by atoms with Crippen LogP contribution >= 0.6 is 0 Å². The zero-order chi connectivity index (χ0) is 22.1. The van der Waals surface area contributed by atoms with E-state index in [0.29, 0.717) is 36.0 Å². The molecule has 0 aromatic heterocycles. The first kappa shape index (κ1) is 21.6. The van der Waals surface area contributed by atoms with Crippen LogP contribution in [0.4, 0.5) is 5.69 Å². The number of hydrogen-bond donors (Lipinski definition) is 2. The Hall–Kier alpha value is -4.13. The van der Waals surface area contributed by atoms with Gasteiger partial charge in [-0.25, -0.2) is 5.43 Å². The van der Waals surface area contributed by atoms with Crippen molar-refractivity contribution >= 4 is 34.5 Å². The van der Waals surface area contributed by atoms with Crippen molar-refractivity contribution in [1.82, 2.24) is 5.43 Å². The van der Waals surface area contributed by atoms with E-state index in [1.54, 1.807) is 30.3 Å². The SMILES string of the molecule is C=CCOc1ccc(/C=N/NC(=O)C(=O)Nc2cccc3ccccc23)cc1OCC. The Morgan fingerprint density at radius 3 is 2.61 bits per heavy atom. The number of anilines is 1. The number of nitrogens with one attached hydrogen (secondary N) is 2. The second-order valence-corrected chi connectivity index (χ2v) is 6.42. The molecule has 0 radical (unpaired) electrons. The summed E-state index contributed by atoms with van der Waals surface area (Å²) in [7, 11) is 0. The van der Waals surface area contributed by atoms with Gasteiger partial charge in [0, 0.05) is 11.1 Å². The highest BCUT2D eigenvalue weighted by molar-refractivity contribution is 6.40. The number of hydrogen-bond acceptors (Lipinski definition) is 5. The molecule has 3 aromatic rings. The second-order valence-electron chi connectivity index (χ2n) is 6.42. The number of rotatable bonds is 8. The summed E-state index contributed by atoms with van der Waals surface area (Å²) in [6, 6.07) is 18.3. The molecule has 0 atom stereocenters.